The average molecular weight is 372 g/mol. The molecule has 138 valence electrons. The van der Waals surface area contributed by atoms with Gasteiger partial charge in [-0.05, 0) is 44.2 Å². The van der Waals surface area contributed by atoms with Gasteiger partial charge in [0.05, 0.1) is 21.1 Å². The van der Waals surface area contributed by atoms with Crippen LogP contribution >= 0.6 is 11.3 Å². The number of para-hydroxylation sites is 1. The highest BCUT2D eigenvalue weighted by Gasteiger charge is 2.35. The molecule has 1 saturated carbocycles. The van der Waals surface area contributed by atoms with Crippen molar-refractivity contribution in [2.75, 3.05) is 13.1 Å². The number of carbonyl (C=O) groups is 2. The number of amides is 1. The fraction of sp³-hybridized carbons (Fsp3) is 0.550. The van der Waals surface area contributed by atoms with Gasteiger partial charge in [0.15, 0.2) is 0 Å². The number of benzene rings is 1. The molecule has 2 aliphatic rings. The number of aromatic nitrogens is 1. The fourth-order valence-electron chi connectivity index (χ4n) is 4.31. The minimum atomic E-state index is -0.753. The standard InChI is InChI=1S/C20H24N2O3S/c23-19(14-4-3-5-15(12-14)20(24)25)22-10-8-13(9-11-22)18-21-16-6-1-2-7-17(16)26-18/h1-2,6-7,13-15H,3-5,8-12H2,(H,24,25). The zero-order valence-electron chi connectivity index (χ0n) is 14.8. The highest BCUT2D eigenvalue weighted by Crippen LogP contribution is 2.36. The topological polar surface area (TPSA) is 70.5 Å². The number of carbonyl (C=O) groups excluding carboxylic acids is 1. The van der Waals surface area contributed by atoms with Crippen molar-refractivity contribution in [3.8, 4) is 0 Å². The van der Waals surface area contributed by atoms with Gasteiger partial charge in [-0.25, -0.2) is 4.98 Å². The summed E-state index contributed by atoms with van der Waals surface area (Å²) >= 11 is 1.77. The van der Waals surface area contributed by atoms with Crippen LogP contribution in [0.2, 0.25) is 0 Å². The lowest BCUT2D eigenvalue weighted by atomic mass is 9.80. The lowest BCUT2D eigenvalue weighted by molar-refractivity contribution is -0.145. The lowest BCUT2D eigenvalue weighted by Gasteiger charge is -2.35. The summed E-state index contributed by atoms with van der Waals surface area (Å²) < 4.78 is 1.22. The Labute approximate surface area is 157 Å². The van der Waals surface area contributed by atoms with E-state index in [0.29, 0.717) is 18.8 Å². The number of hydrogen-bond acceptors (Lipinski definition) is 4. The first-order valence-corrected chi connectivity index (χ1v) is 10.3. The molecule has 1 amide bonds. The number of thiazole rings is 1. The Morgan fingerprint density at radius 3 is 2.54 bits per heavy atom. The molecule has 6 heteroatoms. The molecule has 0 radical (unpaired) electrons. The summed E-state index contributed by atoms with van der Waals surface area (Å²) in [7, 11) is 0. The van der Waals surface area contributed by atoms with E-state index in [-0.39, 0.29) is 17.7 Å². The molecule has 5 nitrogen and oxygen atoms in total. The molecule has 4 rings (SSSR count). The number of rotatable bonds is 3. The van der Waals surface area contributed by atoms with Gasteiger partial charge in [-0.1, -0.05) is 18.6 Å². The van der Waals surface area contributed by atoms with Crippen LogP contribution in [-0.4, -0.2) is 40.0 Å². The van der Waals surface area contributed by atoms with Crippen molar-refractivity contribution in [1.29, 1.82) is 0 Å². The number of carboxylic acids is 1. The van der Waals surface area contributed by atoms with E-state index < -0.39 is 5.97 Å². The SMILES string of the molecule is O=C(O)C1CCCC(C(=O)N2CCC(c3nc4ccccc4s3)CC2)C1. The molecule has 1 aliphatic heterocycles. The third-order valence-corrected chi connectivity index (χ3v) is 7.04. The van der Waals surface area contributed by atoms with Crippen molar-refractivity contribution >= 4 is 33.4 Å². The number of hydrogen-bond donors (Lipinski definition) is 1. The molecule has 0 bridgehead atoms. The summed E-state index contributed by atoms with van der Waals surface area (Å²) in [5.41, 5.74) is 1.06. The van der Waals surface area contributed by atoms with Gasteiger partial charge in [0.1, 0.15) is 0 Å². The van der Waals surface area contributed by atoms with Crippen molar-refractivity contribution in [3.05, 3.63) is 29.3 Å². The fourth-order valence-corrected chi connectivity index (χ4v) is 5.44. The van der Waals surface area contributed by atoms with Crippen molar-refractivity contribution in [1.82, 2.24) is 9.88 Å². The molecule has 26 heavy (non-hydrogen) atoms. The third-order valence-electron chi connectivity index (χ3n) is 5.84. The van der Waals surface area contributed by atoms with Gasteiger partial charge in [0, 0.05) is 24.9 Å². The molecule has 0 spiro atoms. The quantitative estimate of drug-likeness (QED) is 0.887. The predicted octanol–water partition coefficient (Wildman–Crippen LogP) is 3.89. The van der Waals surface area contributed by atoms with Gasteiger partial charge < -0.3 is 10.0 Å². The van der Waals surface area contributed by atoms with E-state index in [0.717, 1.165) is 44.3 Å². The maximum absolute atomic E-state index is 12.8. The second-order valence-electron chi connectivity index (χ2n) is 7.52. The molecule has 2 heterocycles. The first kappa shape index (κ1) is 17.5. The van der Waals surface area contributed by atoms with E-state index in [4.69, 9.17) is 4.98 Å². The lowest BCUT2D eigenvalue weighted by Crippen LogP contribution is -2.43. The highest BCUT2D eigenvalue weighted by molar-refractivity contribution is 7.18. The van der Waals surface area contributed by atoms with Crippen LogP contribution in [0.1, 0.15) is 49.5 Å². The molecule has 2 aromatic rings. The van der Waals surface area contributed by atoms with Crippen LogP contribution in [0.5, 0.6) is 0 Å². The van der Waals surface area contributed by atoms with Crippen LogP contribution in [0.4, 0.5) is 0 Å². The molecule has 2 atom stereocenters. The Hall–Kier alpha value is -1.95. The maximum atomic E-state index is 12.8. The van der Waals surface area contributed by atoms with Gasteiger partial charge in [0.25, 0.3) is 0 Å². The van der Waals surface area contributed by atoms with Crippen molar-refractivity contribution in [2.24, 2.45) is 11.8 Å². The van der Waals surface area contributed by atoms with Crippen LogP contribution in [-0.2, 0) is 9.59 Å². The Morgan fingerprint density at radius 1 is 1.08 bits per heavy atom. The molecular formula is C20H24N2O3S. The van der Waals surface area contributed by atoms with Gasteiger partial charge in [0.2, 0.25) is 5.91 Å². The average Bonchev–Trinajstić information content (AvgIpc) is 3.12. The zero-order chi connectivity index (χ0) is 18.1. The van der Waals surface area contributed by atoms with Crippen LogP contribution in [0.25, 0.3) is 10.2 Å². The maximum Gasteiger partial charge on any atom is 0.306 e. The van der Waals surface area contributed by atoms with Crippen molar-refractivity contribution in [2.45, 2.75) is 44.4 Å². The van der Waals surface area contributed by atoms with E-state index in [1.165, 1.54) is 9.71 Å². The highest BCUT2D eigenvalue weighted by atomic mass is 32.1. The Balaban J connectivity index is 1.37. The van der Waals surface area contributed by atoms with E-state index in [9.17, 15) is 14.7 Å². The Morgan fingerprint density at radius 2 is 1.81 bits per heavy atom. The Kier molecular flexibility index (Phi) is 4.94. The van der Waals surface area contributed by atoms with Crippen LogP contribution < -0.4 is 0 Å². The minimum absolute atomic E-state index is 0.108. The third kappa shape index (κ3) is 3.47. The smallest absolute Gasteiger partial charge is 0.306 e. The second kappa shape index (κ2) is 7.35. The number of carboxylic acid groups (broad SMARTS) is 1. The normalized spacial score (nSPS) is 24.7. The Bertz CT molecular complexity index is 777. The van der Waals surface area contributed by atoms with E-state index in [2.05, 4.69) is 12.1 Å². The first-order valence-electron chi connectivity index (χ1n) is 9.49. The summed E-state index contributed by atoms with van der Waals surface area (Å²) in [5.74, 6) is -0.618. The number of piperidine rings is 1. The second-order valence-corrected chi connectivity index (χ2v) is 8.58. The van der Waals surface area contributed by atoms with Crippen LogP contribution in [0.15, 0.2) is 24.3 Å². The number of fused-ring (bicyclic) bond motifs is 1. The molecule has 2 fully saturated rings. The van der Waals surface area contributed by atoms with Crippen LogP contribution in [0.3, 0.4) is 0 Å². The van der Waals surface area contributed by atoms with E-state index in [1.807, 2.05) is 17.0 Å². The van der Waals surface area contributed by atoms with Gasteiger partial charge >= 0.3 is 5.97 Å². The monoisotopic (exact) mass is 372 g/mol. The summed E-state index contributed by atoms with van der Waals surface area (Å²) in [5, 5.41) is 10.4. The van der Waals surface area contributed by atoms with Crippen molar-refractivity contribution < 1.29 is 14.7 Å². The van der Waals surface area contributed by atoms with Gasteiger partial charge in [-0.3, -0.25) is 9.59 Å². The summed E-state index contributed by atoms with van der Waals surface area (Å²) in [6.07, 6.45) is 4.78. The number of aliphatic carboxylic acids is 1. The van der Waals surface area contributed by atoms with Crippen molar-refractivity contribution in [3.63, 3.8) is 0 Å². The number of likely N-dealkylation sites (tertiary alicyclic amines) is 1. The molecule has 2 unspecified atom stereocenters. The summed E-state index contributed by atoms with van der Waals surface area (Å²) in [4.78, 5) is 30.8. The zero-order valence-corrected chi connectivity index (χ0v) is 15.6. The van der Waals surface area contributed by atoms with E-state index in [1.54, 1.807) is 11.3 Å². The summed E-state index contributed by atoms with van der Waals surface area (Å²) in [6.45, 7) is 1.52. The molecule has 1 N–H and O–H groups in total. The first-order chi connectivity index (χ1) is 12.6. The minimum Gasteiger partial charge on any atom is -0.481 e. The molecule has 1 aromatic heterocycles. The molecule has 1 aromatic carbocycles. The largest absolute Gasteiger partial charge is 0.481 e. The number of nitrogens with zero attached hydrogens (tertiary/aromatic N) is 2. The van der Waals surface area contributed by atoms with E-state index >= 15 is 0 Å². The van der Waals surface area contributed by atoms with Gasteiger partial charge in [-0.2, -0.15) is 0 Å². The molecular weight excluding hydrogens is 348 g/mol. The molecule has 1 saturated heterocycles. The molecule has 1 aliphatic carbocycles. The van der Waals surface area contributed by atoms with Gasteiger partial charge in [-0.15, -0.1) is 11.3 Å². The predicted molar refractivity (Wildman–Crippen MR) is 101 cm³/mol. The summed E-state index contributed by atoms with van der Waals surface area (Å²) in [6, 6.07) is 8.22. The van der Waals surface area contributed by atoms with Crippen LogP contribution in [0, 0.1) is 11.8 Å².